The number of thiazole rings is 1. The Hall–Kier alpha value is -1.76. The molecule has 6 heteroatoms. The summed E-state index contributed by atoms with van der Waals surface area (Å²) in [6.45, 7) is 4.52. The maximum absolute atomic E-state index is 12.4. The summed E-state index contributed by atoms with van der Waals surface area (Å²) in [6, 6.07) is 14.1. The molecule has 0 aliphatic carbocycles. The SMILES string of the molecule is Cc1cc(NC(=O)C[NH+](C)[C@H](C)c2nc3ccccc3s2)ccc1Br. The number of rotatable bonds is 5. The number of halogens is 1. The van der Waals surface area contributed by atoms with Crippen LogP contribution in [0.4, 0.5) is 5.69 Å². The number of nitrogens with zero attached hydrogens (tertiary/aromatic N) is 1. The average molecular weight is 419 g/mol. The molecule has 0 saturated heterocycles. The van der Waals surface area contributed by atoms with Crippen LogP contribution in [0.2, 0.25) is 0 Å². The number of aromatic nitrogens is 1. The Morgan fingerprint density at radius 3 is 2.80 bits per heavy atom. The van der Waals surface area contributed by atoms with Gasteiger partial charge >= 0.3 is 0 Å². The van der Waals surface area contributed by atoms with Gasteiger partial charge in [0.05, 0.1) is 17.3 Å². The van der Waals surface area contributed by atoms with Gasteiger partial charge in [-0.15, -0.1) is 11.3 Å². The van der Waals surface area contributed by atoms with E-state index in [1.54, 1.807) is 11.3 Å². The second kappa shape index (κ2) is 7.64. The lowest BCUT2D eigenvalue weighted by Crippen LogP contribution is -3.10. The van der Waals surface area contributed by atoms with Crippen LogP contribution in [0.25, 0.3) is 10.2 Å². The molecule has 130 valence electrons. The molecule has 0 saturated carbocycles. The highest BCUT2D eigenvalue weighted by Gasteiger charge is 2.22. The molecule has 0 bridgehead atoms. The normalized spacial score (nSPS) is 13.6. The monoisotopic (exact) mass is 418 g/mol. The van der Waals surface area contributed by atoms with E-state index in [0.29, 0.717) is 6.54 Å². The van der Waals surface area contributed by atoms with Crippen molar-refractivity contribution in [2.24, 2.45) is 0 Å². The van der Waals surface area contributed by atoms with Crippen LogP contribution >= 0.6 is 27.3 Å². The molecule has 2 atom stereocenters. The summed E-state index contributed by atoms with van der Waals surface area (Å²) in [6.07, 6.45) is 0. The first-order chi connectivity index (χ1) is 11.9. The summed E-state index contributed by atoms with van der Waals surface area (Å²) in [5, 5.41) is 4.04. The van der Waals surface area contributed by atoms with Gasteiger partial charge in [0.15, 0.2) is 11.6 Å². The summed E-state index contributed by atoms with van der Waals surface area (Å²) < 4.78 is 2.23. The number of likely N-dealkylation sites (N-methyl/N-ethyl adjacent to an activating group) is 1. The third-order valence-electron chi connectivity index (χ3n) is 4.30. The zero-order valence-electron chi connectivity index (χ0n) is 14.5. The van der Waals surface area contributed by atoms with Gasteiger partial charge in [0.1, 0.15) is 6.04 Å². The highest BCUT2D eigenvalue weighted by Crippen LogP contribution is 2.24. The van der Waals surface area contributed by atoms with E-state index in [-0.39, 0.29) is 11.9 Å². The summed E-state index contributed by atoms with van der Waals surface area (Å²) in [5.74, 6) is 0.00665. The molecule has 3 rings (SSSR count). The fourth-order valence-electron chi connectivity index (χ4n) is 2.62. The number of nitrogens with one attached hydrogen (secondary N) is 2. The number of para-hydroxylation sites is 1. The van der Waals surface area contributed by atoms with E-state index in [0.717, 1.165) is 31.1 Å². The van der Waals surface area contributed by atoms with E-state index in [4.69, 9.17) is 4.98 Å². The van der Waals surface area contributed by atoms with Gasteiger partial charge in [-0.1, -0.05) is 28.1 Å². The van der Waals surface area contributed by atoms with Crippen molar-refractivity contribution in [2.75, 3.05) is 18.9 Å². The lowest BCUT2D eigenvalue weighted by Gasteiger charge is -2.19. The van der Waals surface area contributed by atoms with Gasteiger partial charge in [0.2, 0.25) is 0 Å². The van der Waals surface area contributed by atoms with Crippen molar-refractivity contribution in [1.82, 2.24) is 4.98 Å². The van der Waals surface area contributed by atoms with Crippen molar-refractivity contribution in [3.63, 3.8) is 0 Å². The second-order valence-electron chi connectivity index (χ2n) is 6.28. The van der Waals surface area contributed by atoms with Gasteiger partial charge in [-0.2, -0.15) is 0 Å². The average Bonchev–Trinajstić information content (AvgIpc) is 3.01. The molecule has 0 radical (unpaired) electrons. The van der Waals surface area contributed by atoms with Gasteiger partial charge in [-0.3, -0.25) is 4.79 Å². The minimum absolute atomic E-state index is 0.00665. The van der Waals surface area contributed by atoms with Gasteiger partial charge in [0.25, 0.3) is 5.91 Å². The highest BCUT2D eigenvalue weighted by molar-refractivity contribution is 9.10. The third kappa shape index (κ3) is 4.26. The predicted molar refractivity (Wildman–Crippen MR) is 107 cm³/mol. The van der Waals surface area contributed by atoms with Gasteiger partial charge in [0, 0.05) is 10.2 Å². The zero-order chi connectivity index (χ0) is 18.0. The van der Waals surface area contributed by atoms with E-state index >= 15 is 0 Å². The quantitative estimate of drug-likeness (QED) is 0.664. The molecule has 4 nitrogen and oxygen atoms in total. The van der Waals surface area contributed by atoms with Crippen LogP contribution in [0.1, 0.15) is 23.5 Å². The number of benzene rings is 2. The molecular weight excluding hydrogens is 398 g/mol. The van der Waals surface area contributed by atoms with Crippen molar-refractivity contribution in [3.05, 3.63) is 57.5 Å². The minimum Gasteiger partial charge on any atom is -0.322 e. The maximum Gasteiger partial charge on any atom is 0.279 e. The van der Waals surface area contributed by atoms with Crippen LogP contribution < -0.4 is 10.2 Å². The Morgan fingerprint density at radius 2 is 2.08 bits per heavy atom. The van der Waals surface area contributed by atoms with Gasteiger partial charge < -0.3 is 10.2 Å². The molecular formula is C19H21BrN3OS+. The van der Waals surface area contributed by atoms with E-state index in [1.165, 1.54) is 4.70 Å². The molecule has 0 fully saturated rings. The topological polar surface area (TPSA) is 46.4 Å². The largest absolute Gasteiger partial charge is 0.322 e. The van der Waals surface area contributed by atoms with Gasteiger partial charge in [-0.05, 0) is 49.7 Å². The number of hydrogen-bond acceptors (Lipinski definition) is 3. The molecule has 2 aromatic carbocycles. The Labute approximate surface area is 160 Å². The number of fused-ring (bicyclic) bond motifs is 1. The zero-order valence-corrected chi connectivity index (χ0v) is 16.9. The van der Waals surface area contributed by atoms with Crippen molar-refractivity contribution < 1.29 is 9.69 Å². The summed E-state index contributed by atoms with van der Waals surface area (Å²) in [5.41, 5.74) is 2.95. The van der Waals surface area contributed by atoms with Crippen molar-refractivity contribution in [2.45, 2.75) is 19.9 Å². The number of hydrogen-bond donors (Lipinski definition) is 2. The first-order valence-electron chi connectivity index (χ1n) is 8.18. The maximum atomic E-state index is 12.4. The molecule has 0 aliphatic heterocycles. The second-order valence-corrected chi connectivity index (χ2v) is 8.19. The Morgan fingerprint density at radius 1 is 1.32 bits per heavy atom. The van der Waals surface area contributed by atoms with E-state index in [1.807, 2.05) is 50.4 Å². The predicted octanol–water partition coefficient (Wildman–Crippen LogP) is 3.58. The summed E-state index contributed by atoms with van der Waals surface area (Å²) >= 11 is 5.17. The lowest BCUT2D eigenvalue weighted by atomic mass is 10.2. The summed E-state index contributed by atoms with van der Waals surface area (Å²) in [4.78, 5) is 18.2. The minimum atomic E-state index is 0.00665. The lowest BCUT2D eigenvalue weighted by molar-refractivity contribution is -0.902. The van der Waals surface area contributed by atoms with Gasteiger partial charge in [-0.25, -0.2) is 4.98 Å². The number of carbonyl (C=O) groups is 1. The van der Waals surface area contributed by atoms with Crippen LogP contribution in [0.15, 0.2) is 46.9 Å². The van der Waals surface area contributed by atoms with Crippen LogP contribution in [-0.4, -0.2) is 24.5 Å². The standard InChI is InChI=1S/C19H20BrN3OS/c1-12-10-14(8-9-15(12)20)21-18(24)11-23(3)13(2)19-22-16-6-4-5-7-17(16)25-19/h4-10,13H,11H2,1-3H3,(H,21,24)/p+1/t13-/m1/s1. The Balaban J connectivity index is 1.64. The molecule has 1 heterocycles. The fourth-order valence-corrected chi connectivity index (χ4v) is 3.98. The first-order valence-corrected chi connectivity index (χ1v) is 9.79. The first kappa shape index (κ1) is 18.0. The molecule has 1 unspecified atom stereocenters. The number of carbonyl (C=O) groups excluding carboxylic acids is 1. The van der Waals surface area contributed by atoms with Crippen LogP contribution in [0, 0.1) is 6.92 Å². The van der Waals surface area contributed by atoms with Crippen LogP contribution in [-0.2, 0) is 4.79 Å². The number of aryl methyl sites for hydroxylation is 1. The molecule has 25 heavy (non-hydrogen) atoms. The van der Waals surface area contributed by atoms with E-state index < -0.39 is 0 Å². The molecule has 1 aromatic heterocycles. The molecule has 2 N–H and O–H groups in total. The fraction of sp³-hybridized carbons (Fsp3) is 0.263. The van der Waals surface area contributed by atoms with Crippen molar-refractivity contribution in [3.8, 4) is 0 Å². The molecule has 3 aromatic rings. The van der Waals surface area contributed by atoms with E-state index in [2.05, 4.69) is 34.2 Å². The van der Waals surface area contributed by atoms with Crippen LogP contribution in [0.3, 0.4) is 0 Å². The number of quaternary nitrogens is 1. The Kier molecular flexibility index (Phi) is 5.51. The highest BCUT2D eigenvalue weighted by atomic mass is 79.9. The molecule has 1 amide bonds. The number of amides is 1. The van der Waals surface area contributed by atoms with Crippen molar-refractivity contribution in [1.29, 1.82) is 0 Å². The smallest absolute Gasteiger partial charge is 0.279 e. The molecule has 0 aliphatic rings. The van der Waals surface area contributed by atoms with Crippen LogP contribution in [0.5, 0.6) is 0 Å². The molecule has 0 spiro atoms. The van der Waals surface area contributed by atoms with Crippen molar-refractivity contribution >= 4 is 49.1 Å². The third-order valence-corrected chi connectivity index (χ3v) is 6.41. The summed E-state index contributed by atoms with van der Waals surface area (Å²) in [7, 11) is 2.03. The van der Waals surface area contributed by atoms with E-state index in [9.17, 15) is 4.79 Å². The Bertz CT molecular complexity index is 876. The number of anilines is 1.